The maximum absolute atomic E-state index is 6.01. The van der Waals surface area contributed by atoms with Gasteiger partial charge >= 0.3 is 0 Å². The first-order valence-corrected chi connectivity index (χ1v) is 9.10. The highest BCUT2D eigenvalue weighted by atomic mass is 35.5. The molecule has 2 aromatic heterocycles. The van der Waals surface area contributed by atoms with Gasteiger partial charge < -0.3 is 10.2 Å². The third-order valence-electron chi connectivity index (χ3n) is 4.10. The van der Waals surface area contributed by atoms with E-state index < -0.39 is 0 Å². The fourth-order valence-corrected chi connectivity index (χ4v) is 3.88. The van der Waals surface area contributed by atoms with Crippen LogP contribution < -0.4 is 5.32 Å². The summed E-state index contributed by atoms with van der Waals surface area (Å²) in [5, 5.41) is 7.45. The average molecular weight is 368 g/mol. The van der Waals surface area contributed by atoms with Gasteiger partial charge in [0.15, 0.2) is 5.96 Å². The van der Waals surface area contributed by atoms with Crippen molar-refractivity contribution >= 4 is 28.9 Å². The number of nitrogens with one attached hydrogen (secondary N) is 1. The molecule has 1 N–H and O–H groups in total. The van der Waals surface area contributed by atoms with E-state index in [1.165, 1.54) is 4.88 Å². The Kier molecular flexibility index (Phi) is 5.70. The molecule has 0 spiro atoms. The molecule has 1 saturated heterocycles. The molecule has 0 saturated carbocycles. The van der Waals surface area contributed by atoms with Crippen LogP contribution in [0.5, 0.6) is 0 Å². The van der Waals surface area contributed by atoms with Crippen LogP contribution in [0, 0.1) is 0 Å². The first kappa shape index (κ1) is 17.2. The van der Waals surface area contributed by atoms with Gasteiger partial charge in [0.25, 0.3) is 0 Å². The lowest BCUT2D eigenvalue weighted by Crippen LogP contribution is -2.52. The van der Waals surface area contributed by atoms with E-state index >= 15 is 0 Å². The van der Waals surface area contributed by atoms with Crippen molar-refractivity contribution in [3.8, 4) is 0 Å². The molecule has 1 aliphatic heterocycles. The maximum Gasteiger partial charge on any atom is 0.194 e. The minimum absolute atomic E-state index is 0.622. The summed E-state index contributed by atoms with van der Waals surface area (Å²) in [6.07, 6.45) is 1.56. The van der Waals surface area contributed by atoms with Crippen molar-refractivity contribution < 1.29 is 0 Å². The molecule has 1 fully saturated rings. The summed E-state index contributed by atoms with van der Waals surface area (Å²) in [7, 11) is 3.71. The van der Waals surface area contributed by atoms with E-state index in [-0.39, 0.29) is 0 Å². The van der Waals surface area contributed by atoms with Gasteiger partial charge in [-0.3, -0.25) is 14.6 Å². The van der Waals surface area contributed by atoms with Crippen molar-refractivity contribution in [1.82, 2.24) is 29.9 Å². The van der Waals surface area contributed by atoms with Crippen LogP contribution in [0.3, 0.4) is 0 Å². The first-order valence-electron chi connectivity index (χ1n) is 7.90. The summed E-state index contributed by atoms with van der Waals surface area (Å²) in [6.45, 7) is 5.53. The Hall–Kier alpha value is -1.64. The zero-order valence-corrected chi connectivity index (χ0v) is 15.5. The maximum atomic E-state index is 6.01. The summed E-state index contributed by atoms with van der Waals surface area (Å²) < 4.78 is 2.63. The number of hydrogen-bond donors (Lipinski definition) is 1. The number of guanidine groups is 1. The highest BCUT2D eigenvalue weighted by Crippen LogP contribution is 2.23. The summed E-state index contributed by atoms with van der Waals surface area (Å²) >= 11 is 7.67. The second kappa shape index (κ2) is 7.96. The number of aliphatic imine (C=N–C) groups is 1. The van der Waals surface area contributed by atoms with Gasteiger partial charge in [0.05, 0.1) is 10.9 Å². The number of aromatic nitrogens is 3. The fraction of sp³-hybridized carbons (Fsp3) is 0.533. The van der Waals surface area contributed by atoms with Crippen LogP contribution in [0.15, 0.2) is 23.5 Å². The summed E-state index contributed by atoms with van der Waals surface area (Å²) in [6, 6.07) is 4.08. The molecular formula is C15H22ClN7S. The number of thiophene rings is 1. The number of piperazine rings is 1. The number of halogens is 1. The molecule has 3 heterocycles. The molecular weight excluding hydrogens is 346 g/mol. The third-order valence-corrected chi connectivity index (χ3v) is 5.32. The fourth-order valence-electron chi connectivity index (χ4n) is 2.75. The molecule has 0 unspecified atom stereocenters. The Labute approximate surface area is 151 Å². The third kappa shape index (κ3) is 4.25. The Morgan fingerprint density at radius 3 is 2.71 bits per heavy atom. The molecule has 2 aromatic rings. The lowest BCUT2D eigenvalue weighted by atomic mass is 10.3. The summed E-state index contributed by atoms with van der Waals surface area (Å²) in [4.78, 5) is 14.7. The van der Waals surface area contributed by atoms with Crippen LogP contribution in [-0.4, -0.2) is 63.8 Å². The molecule has 1 aliphatic rings. The highest BCUT2D eigenvalue weighted by molar-refractivity contribution is 7.16. The van der Waals surface area contributed by atoms with Gasteiger partial charge in [-0.2, -0.15) is 5.10 Å². The lowest BCUT2D eigenvalue weighted by Gasteiger charge is -2.36. The van der Waals surface area contributed by atoms with Crippen LogP contribution in [0.4, 0.5) is 0 Å². The lowest BCUT2D eigenvalue weighted by molar-refractivity contribution is 0.173. The molecule has 9 heteroatoms. The molecule has 0 bridgehead atoms. The molecule has 24 heavy (non-hydrogen) atoms. The molecule has 0 aromatic carbocycles. The van der Waals surface area contributed by atoms with Crippen molar-refractivity contribution in [2.75, 3.05) is 33.2 Å². The van der Waals surface area contributed by atoms with Gasteiger partial charge in [-0.25, -0.2) is 4.98 Å². The number of rotatable bonds is 4. The monoisotopic (exact) mass is 367 g/mol. The highest BCUT2D eigenvalue weighted by Gasteiger charge is 2.20. The number of nitrogens with zero attached hydrogens (tertiary/aromatic N) is 6. The molecule has 3 rings (SSSR count). The van der Waals surface area contributed by atoms with E-state index in [0.29, 0.717) is 6.54 Å². The van der Waals surface area contributed by atoms with Gasteiger partial charge in [-0.05, 0) is 12.1 Å². The van der Waals surface area contributed by atoms with E-state index in [0.717, 1.165) is 48.8 Å². The Bertz CT molecular complexity index is 688. The Morgan fingerprint density at radius 2 is 2.12 bits per heavy atom. The van der Waals surface area contributed by atoms with E-state index in [1.807, 2.05) is 20.2 Å². The van der Waals surface area contributed by atoms with Gasteiger partial charge in [-0.15, -0.1) is 11.3 Å². The molecule has 7 nitrogen and oxygen atoms in total. The smallest absolute Gasteiger partial charge is 0.194 e. The normalized spacial score (nSPS) is 16.6. The van der Waals surface area contributed by atoms with Crippen molar-refractivity contribution in [1.29, 1.82) is 0 Å². The van der Waals surface area contributed by atoms with Crippen LogP contribution >= 0.6 is 22.9 Å². The Balaban J connectivity index is 1.48. The largest absolute Gasteiger partial charge is 0.349 e. The zero-order chi connectivity index (χ0) is 16.9. The number of aryl methyl sites for hydroxylation is 1. The van der Waals surface area contributed by atoms with Crippen LogP contribution in [0.25, 0.3) is 0 Å². The molecule has 0 amide bonds. The zero-order valence-electron chi connectivity index (χ0n) is 13.9. The molecule has 130 valence electrons. The summed E-state index contributed by atoms with van der Waals surface area (Å²) in [5.74, 6) is 1.81. The van der Waals surface area contributed by atoms with Gasteiger partial charge in [-0.1, -0.05) is 11.6 Å². The Morgan fingerprint density at radius 1 is 1.33 bits per heavy atom. The predicted molar refractivity (Wildman–Crippen MR) is 97.4 cm³/mol. The van der Waals surface area contributed by atoms with Crippen molar-refractivity contribution in [2.45, 2.75) is 13.1 Å². The molecule has 0 radical (unpaired) electrons. The van der Waals surface area contributed by atoms with Crippen molar-refractivity contribution in [2.24, 2.45) is 12.0 Å². The minimum Gasteiger partial charge on any atom is -0.349 e. The van der Waals surface area contributed by atoms with Gasteiger partial charge in [0, 0.05) is 51.7 Å². The van der Waals surface area contributed by atoms with Crippen molar-refractivity contribution in [3.63, 3.8) is 0 Å². The van der Waals surface area contributed by atoms with Gasteiger partial charge in [0.2, 0.25) is 0 Å². The van der Waals surface area contributed by atoms with E-state index in [2.05, 4.69) is 36.3 Å². The topological polar surface area (TPSA) is 61.6 Å². The average Bonchev–Trinajstić information content (AvgIpc) is 3.18. The molecule has 0 atom stereocenters. The molecule has 0 aliphatic carbocycles. The SMILES string of the molecule is CN=C(NCc1ncnn1C)N1CCN(Cc2ccc(Cl)s2)CC1. The van der Waals surface area contributed by atoms with E-state index in [1.54, 1.807) is 22.3 Å². The number of hydrogen-bond acceptors (Lipinski definition) is 5. The van der Waals surface area contributed by atoms with E-state index in [9.17, 15) is 0 Å². The van der Waals surface area contributed by atoms with Crippen molar-refractivity contribution in [3.05, 3.63) is 33.5 Å². The summed E-state index contributed by atoms with van der Waals surface area (Å²) in [5.41, 5.74) is 0. The first-order chi connectivity index (χ1) is 11.7. The van der Waals surface area contributed by atoms with Crippen LogP contribution in [0.1, 0.15) is 10.7 Å². The standard InChI is InChI=1S/C15H22ClN7S/c1-17-15(18-9-14-19-11-20-21(14)2)23-7-5-22(6-8-23)10-12-3-4-13(16)24-12/h3-4,11H,5-10H2,1-2H3,(H,17,18). The predicted octanol–water partition coefficient (Wildman–Crippen LogP) is 1.42. The van der Waals surface area contributed by atoms with Crippen LogP contribution in [-0.2, 0) is 20.1 Å². The van der Waals surface area contributed by atoms with E-state index in [4.69, 9.17) is 11.6 Å². The minimum atomic E-state index is 0.622. The quantitative estimate of drug-likeness (QED) is 0.654. The van der Waals surface area contributed by atoms with Crippen LogP contribution in [0.2, 0.25) is 4.34 Å². The van der Waals surface area contributed by atoms with Gasteiger partial charge in [0.1, 0.15) is 12.2 Å². The second-order valence-electron chi connectivity index (χ2n) is 5.67. The second-order valence-corrected chi connectivity index (χ2v) is 7.47.